The van der Waals surface area contributed by atoms with Crippen LogP contribution in [0.2, 0.25) is 0 Å². The molecule has 2 aromatic heterocycles. The van der Waals surface area contributed by atoms with Crippen LogP contribution in [0.5, 0.6) is 0 Å². The molecule has 1 atom stereocenters. The molecule has 0 aliphatic carbocycles. The number of alkyl halides is 3. The van der Waals surface area contributed by atoms with Gasteiger partial charge in [-0.3, -0.25) is 9.97 Å². The molecule has 2 N–H and O–H groups in total. The van der Waals surface area contributed by atoms with E-state index >= 15 is 0 Å². The van der Waals surface area contributed by atoms with Crippen LogP contribution in [-0.2, 0) is 6.18 Å². The highest BCUT2D eigenvalue weighted by Crippen LogP contribution is 2.30. The van der Waals surface area contributed by atoms with Crippen molar-refractivity contribution in [2.75, 3.05) is 0 Å². The van der Waals surface area contributed by atoms with E-state index in [4.69, 9.17) is 5.11 Å². The van der Waals surface area contributed by atoms with Crippen molar-refractivity contribution in [3.05, 3.63) is 48.0 Å². The zero-order chi connectivity index (χ0) is 16.3. The Morgan fingerprint density at radius 1 is 1.23 bits per heavy atom. The van der Waals surface area contributed by atoms with Crippen molar-refractivity contribution < 1.29 is 23.1 Å². The van der Waals surface area contributed by atoms with Gasteiger partial charge in [0.15, 0.2) is 0 Å². The van der Waals surface area contributed by atoms with Crippen molar-refractivity contribution in [3.63, 3.8) is 0 Å². The van der Waals surface area contributed by atoms with Crippen molar-refractivity contribution in [1.82, 2.24) is 15.3 Å². The fourth-order valence-electron chi connectivity index (χ4n) is 1.86. The van der Waals surface area contributed by atoms with Gasteiger partial charge in [0, 0.05) is 18.0 Å². The molecule has 0 spiro atoms. The van der Waals surface area contributed by atoms with Crippen molar-refractivity contribution in [3.8, 4) is 11.1 Å². The predicted octanol–water partition coefficient (Wildman–Crippen LogP) is 3.49. The van der Waals surface area contributed by atoms with Gasteiger partial charge in [0.25, 0.3) is 0 Å². The summed E-state index contributed by atoms with van der Waals surface area (Å²) in [5, 5.41) is 10.9. The van der Waals surface area contributed by atoms with Crippen molar-refractivity contribution in [1.29, 1.82) is 0 Å². The standard InChI is InChI=1S/C14H12F3N3O2/c1-8(20-13(21)22)11-3-2-10(7-19-11)9-4-5-18-12(6-9)14(15,16)17/h2-8,20H,1H3,(H,21,22). The zero-order valence-electron chi connectivity index (χ0n) is 11.4. The highest BCUT2D eigenvalue weighted by atomic mass is 19.4. The van der Waals surface area contributed by atoms with E-state index in [0.717, 1.165) is 12.3 Å². The maximum Gasteiger partial charge on any atom is 0.433 e. The minimum atomic E-state index is -4.51. The number of pyridine rings is 2. The van der Waals surface area contributed by atoms with Crippen molar-refractivity contribution in [2.24, 2.45) is 0 Å². The summed E-state index contributed by atoms with van der Waals surface area (Å²) in [5.41, 5.74) is 0.311. The smallest absolute Gasteiger partial charge is 0.433 e. The lowest BCUT2D eigenvalue weighted by Crippen LogP contribution is -2.25. The molecule has 0 saturated carbocycles. The first-order valence-electron chi connectivity index (χ1n) is 6.26. The van der Waals surface area contributed by atoms with Crippen LogP contribution in [0.4, 0.5) is 18.0 Å². The molecule has 8 heteroatoms. The van der Waals surface area contributed by atoms with Crippen LogP contribution in [-0.4, -0.2) is 21.2 Å². The topological polar surface area (TPSA) is 75.1 Å². The fourth-order valence-corrected chi connectivity index (χ4v) is 1.86. The van der Waals surface area contributed by atoms with E-state index in [1.807, 2.05) is 0 Å². The second kappa shape index (κ2) is 6.00. The number of amides is 1. The molecule has 2 aromatic rings. The van der Waals surface area contributed by atoms with E-state index in [2.05, 4.69) is 15.3 Å². The third-order valence-electron chi connectivity index (χ3n) is 2.95. The minimum absolute atomic E-state index is 0.334. The Morgan fingerprint density at radius 2 is 1.95 bits per heavy atom. The number of aromatic nitrogens is 2. The first-order chi connectivity index (χ1) is 10.3. The lowest BCUT2D eigenvalue weighted by atomic mass is 10.1. The fraction of sp³-hybridized carbons (Fsp3) is 0.214. The average Bonchev–Trinajstić information content (AvgIpc) is 2.46. The summed E-state index contributed by atoms with van der Waals surface area (Å²) in [6, 6.07) is 5.01. The number of carbonyl (C=O) groups is 1. The van der Waals surface area contributed by atoms with Gasteiger partial charge in [-0.15, -0.1) is 0 Å². The van der Waals surface area contributed by atoms with Gasteiger partial charge in [-0.05, 0) is 30.7 Å². The molecule has 5 nitrogen and oxygen atoms in total. The molecule has 0 fully saturated rings. The number of hydrogen-bond donors (Lipinski definition) is 2. The summed E-state index contributed by atoms with van der Waals surface area (Å²) in [4.78, 5) is 17.9. The van der Waals surface area contributed by atoms with E-state index in [9.17, 15) is 18.0 Å². The molecule has 2 rings (SSSR count). The number of rotatable bonds is 3. The predicted molar refractivity (Wildman–Crippen MR) is 72.0 cm³/mol. The SMILES string of the molecule is CC(NC(=O)O)c1ccc(-c2ccnc(C(F)(F)F)c2)cn1. The third kappa shape index (κ3) is 3.72. The molecule has 0 aromatic carbocycles. The van der Waals surface area contributed by atoms with E-state index < -0.39 is 24.0 Å². The van der Waals surface area contributed by atoms with Gasteiger partial charge in [-0.25, -0.2) is 4.79 Å². The monoisotopic (exact) mass is 311 g/mol. The van der Waals surface area contributed by atoms with E-state index in [1.54, 1.807) is 19.1 Å². The van der Waals surface area contributed by atoms with Crippen LogP contribution < -0.4 is 5.32 Å². The Morgan fingerprint density at radius 3 is 2.50 bits per heavy atom. The van der Waals surface area contributed by atoms with Crippen LogP contribution in [0.25, 0.3) is 11.1 Å². The molecule has 116 valence electrons. The Hall–Kier alpha value is -2.64. The molecule has 22 heavy (non-hydrogen) atoms. The quantitative estimate of drug-likeness (QED) is 0.910. The van der Waals surface area contributed by atoms with Crippen molar-refractivity contribution >= 4 is 6.09 Å². The summed E-state index contributed by atoms with van der Waals surface area (Å²) in [5.74, 6) is 0. The summed E-state index contributed by atoms with van der Waals surface area (Å²) >= 11 is 0. The molecule has 0 saturated heterocycles. The molecule has 1 amide bonds. The Kier molecular flexibility index (Phi) is 4.30. The van der Waals surface area contributed by atoms with Gasteiger partial charge in [0.2, 0.25) is 0 Å². The Labute approximate surface area is 123 Å². The van der Waals surface area contributed by atoms with Crippen LogP contribution >= 0.6 is 0 Å². The van der Waals surface area contributed by atoms with Gasteiger partial charge in [-0.1, -0.05) is 6.07 Å². The zero-order valence-corrected chi connectivity index (χ0v) is 11.4. The minimum Gasteiger partial charge on any atom is -0.465 e. The number of carboxylic acid groups (broad SMARTS) is 1. The normalized spacial score (nSPS) is 12.7. The van der Waals surface area contributed by atoms with Crippen LogP contribution in [0.15, 0.2) is 36.7 Å². The lowest BCUT2D eigenvalue weighted by Gasteiger charge is -2.12. The molecular formula is C14H12F3N3O2. The van der Waals surface area contributed by atoms with Gasteiger partial charge >= 0.3 is 12.3 Å². The molecule has 0 bridgehead atoms. The van der Waals surface area contributed by atoms with Gasteiger partial charge in [0.05, 0.1) is 11.7 Å². The highest BCUT2D eigenvalue weighted by Gasteiger charge is 2.32. The first kappa shape index (κ1) is 15.7. The molecule has 1 unspecified atom stereocenters. The molecular weight excluding hydrogens is 299 g/mol. The van der Waals surface area contributed by atoms with Crippen LogP contribution in [0.3, 0.4) is 0 Å². The maximum absolute atomic E-state index is 12.6. The van der Waals surface area contributed by atoms with E-state index in [0.29, 0.717) is 16.8 Å². The maximum atomic E-state index is 12.6. The van der Waals surface area contributed by atoms with E-state index in [-0.39, 0.29) is 0 Å². The lowest BCUT2D eigenvalue weighted by molar-refractivity contribution is -0.141. The van der Waals surface area contributed by atoms with Crippen LogP contribution in [0, 0.1) is 0 Å². The summed E-state index contributed by atoms with van der Waals surface area (Å²) in [6.45, 7) is 1.62. The molecule has 2 heterocycles. The molecule has 0 aliphatic rings. The average molecular weight is 311 g/mol. The van der Waals surface area contributed by atoms with Crippen molar-refractivity contribution in [2.45, 2.75) is 19.1 Å². The highest BCUT2D eigenvalue weighted by molar-refractivity contribution is 5.65. The summed E-state index contributed by atoms with van der Waals surface area (Å²) in [7, 11) is 0. The Bertz CT molecular complexity index is 672. The molecule has 0 radical (unpaired) electrons. The third-order valence-corrected chi connectivity index (χ3v) is 2.95. The summed E-state index contributed by atoms with van der Waals surface area (Å²) < 4.78 is 37.9. The largest absolute Gasteiger partial charge is 0.465 e. The van der Waals surface area contributed by atoms with Gasteiger partial charge in [-0.2, -0.15) is 13.2 Å². The second-order valence-electron chi connectivity index (χ2n) is 4.57. The number of nitrogens with zero attached hydrogens (tertiary/aromatic N) is 2. The molecule has 0 aliphatic heterocycles. The van der Waals surface area contributed by atoms with Gasteiger partial charge < -0.3 is 10.4 Å². The first-order valence-corrected chi connectivity index (χ1v) is 6.26. The number of hydrogen-bond acceptors (Lipinski definition) is 3. The van der Waals surface area contributed by atoms with Gasteiger partial charge in [0.1, 0.15) is 5.69 Å². The number of halogens is 3. The second-order valence-corrected chi connectivity index (χ2v) is 4.57. The van der Waals surface area contributed by atoms with E-state index in [1.165, 1.54) is 12.3 Å². The summed E-state index contributed by atoms with van der Waals surface area (Å²) in [6.07, 6.45) is -3.21. The van der Waals surface area contributed by atoms with Crippen LogP contribution in [0.1, 0.15) is 24.4 Å². The Balaban J connectivity index is 2.26. The number of nitrogens with one attached hydrogen (secondary N) is 1.